The average molecular weight is 365 g/mol. The monoisotopic (exact) mass is 364 g/mol. The third-order valence-electron chi connectivity index (χ3n) is 5.64. The predicted octanol–water partition coefficient (Wildman–Crippen LogP) is 4.11. The van der Waals surface area contributed by atoms with E-state index in [4.69, 9.17) is 4.74 Å². The quantitative estimate of drug-likeness (QED) is 0.744. The van der Waals surface area contributed by atoms with Gasteiger partial charge in [-0.25, -0.2) is 9.48 Å². The molecule has 0 spiro atoms. The van der Waals surface area contributed by atoms with Crippen molar-refractivity contribution in [3.63, 3.8) is 0 Å². The van der Waals surface area contributed by atoms with Crippen LogP contribution in [0.3, 0.4) is 0 Å². The van der Waals surface area contributed by atoms with Crippen molar-refractivity contribution in [2.24, 2.45) is 0 Å². The van der Waals surface area contributed by atoms with E-state index in [1.165, 1.54) is 41.0 Å². The Morgan fingerprint density at radius 3 is 2.63 bits per heavy atom. The number of methoxy groups -OCH3 is 1. The summed E-state index contributed by atoms with van der Waals surface area (Å²) in [6.07, 6.45) is 4.72. The summed E-state index contributed by atoms with van der Waals surface area (Å²) in [5.41, 5.74) is 6.54. The van der Waals surface area contributed by atoms with E-state index in [1.54, 1.807) is 7.11 Å². The standard InChI is InChI=1S/C23H30N3O/c1-18-13-19(2)15-21(14-18)24-11-12-25(17-24)22-8-4-5-9-23(22)26-10-6-7-20(26)16-27-3/h4-5,8-9,13-15,17,20H,6-7,10-12,16H2,1-3H3/q+1/t20-/m0/s1. The summed E-state index contributed by atoms with van der Waals surface area (Å²) in [7, 11) is 1.80. The van der Waals surface area contributed by atoms with Crippen LogP contribution in [0.5, 0.6) is 0 Å². The zero-order chi connectivity index (χ0) is 18.8. The van der Waals surface area contributed by atoms with Crippen molar-refractivity contribution in [3.8, 4) is 0 Å². The van der Waals surface area contributed by atoms with Gasteiger partial charge in [0.1, 0.15) is 24.5 Å². The van der Waals surface area contributed by atoms with Crippen molar-refractivity contribution >= 4 is 23.4 Å². The molecule has 0 N–H and O–H groups in total. The summed E-state index contributed by atoms with van der Waals surface area (Å²) >= 11 is 0. The highest BCUT2D eigenvalue weighted by molar-refractivity contribution is 5.79. The Morgan fingerprint density at radius 1 is 1.07 bits per heavy atom. The summed E-state index contributed by atoms with van der Waals surface area (Å²) in [6.45, 7) is 8.27. The largest absolute Gasteiger partial charge is 0.383 e. The second kappa shape index (κ2) is 7.73. The van der Waals surface area contributed by atoms with E-state index in [0.29, 0.717) is 6.04 Å². The van der Waals surface area contributed by atoms with Gasteiger partial charge in [-0.1, -0.05) is 18.2 Å². The number of nitrogens with zero attached hydrogens (tertiary/aromatic N) is 3. The zero-order valence-corrected chi connectivity index (χ0v) is 16.7. The fourth-order valence-electron chi connectivity index (χ4n) is 4.46. The number of hydrogen-bond donors (Lipinski definition) is 0. The molecule has 2 aliphatic rings. The Balaban J connectivity index is 1.64. The van der Waals surface area contributed by atoms with Gasteiger partial charge >= 0.3 is 0 Å². The minimum absolute atomic E-state index is 0.481. The van der Waals surface area contributed by atoms with Crippen LogP contribution in [-0.4, -0.2) is 50.3 Å². The first-order chi connectivity index (χ1) is 13.2. The minimum Gasteiger partial charge on any atom is -0.383 e. The van der Waals surface area contributed by atoms with E-state index in [9.17, 15) is 0 Å². The van der Waals surface area contributed by atoms with Crippen LogP contribution in [0.2, 0.25) is 0 Å². The summed E-state index contributed by atoms with van der Waals surface area (Å²) in [5, 5.41) is 0. The molecule has 2 aromatic rings. The molecule has 27 heavy (non-hydrogen) atoms. The lowest BCUT2D eigenvalue weighted by molar-refractivity contribution is -0.423. The molecule has 0 aromatic heterocycles. The number of para-hydroxylation sites is 2. The third kappa shape index (κ3) is 3.72. The second-order valence-corrected chi connectivity index (χ2v) is 7.78. The van der Waals surface area contributed by atoms with E-state index in [-0.39, 0.29) is 0 Å². The Hall–Kier alpha value is -2.33. The van der Waals surface area contributed by atoms with Crippen LogP contribution in [-0.2, 0) is 4.74 Å². The molecule has 0 unspecified atom stereocenters. The fraction of sp³-hybridized carbons (Fsp3) is 0.435. The second-order valence-electron chi connectivity index (χ2n) is 7.78. The lowest BCUT2D eigenvalue weighted by atomic mass is 10.1. The van der Waals surface area contributed by atoms with Gasteiger partial charge in [-0.15, -0.1) is 0 Å². The summed E-state index contributed by atoms with van der Waals surface area (Å²) in [4.78, 5) is 4.90. The van der Waals surface area contributed by atoms with Gasteiger partial charge in [0.2, 0.25) is 6.34 Å². The maximum Gasteiger partial charge on any atom is 0.244 e. The van der Waals surface area contributed by atoms with Gasteiger partial charge in [0, 0.05) is 13.7 Å². The highest BCUT2D eigenvalue weighted by Crippen LogP contribution is 2.34. The topological polar surface area (TPSA) is 18.7 Å². The lowest BCUT2D eigenvalue weighted by Crippen LogP contribution is -2.33. The number of aryl methyl sites for hydroxylation is 2. The normalized spacial score (nSPS) is 19.7. The molecular weight excluding hydrogens is 334 g/mol. The molecule has 1 fully saturated rings. The Bertz CT molecular complexity index is 825. The van der Waals surface area contributed by atoms with Gasteiger partial charge in [-0.2, -0.15) is 0 Å². The molecule has 4 nitrogen and oxygen atoms in total. The number of ether oxygens (including phenoxy) is 1. The summed E-state index contributed by atoms with van der Waals surface area (Å²) in [5.74, 6) is 0. The molecule has 0 bridgehead atoms. The van der Waals surface area contributed by atoms with E-state index in [0.717, 1.165) is 26.2 Å². The predicted molar refractivity (Wildman–Crippen MR) is 113 cm³/mol. The Kier molecular flexibility index (Phi) is 5.17. The highest BCUT2D eigenvalue weighted by atomic mass is 16.5. The van der Waals surface area contributed by atoms with Gasteiger partial charge in [0.05, 0.1) is 18.3 Å². The van der Waals surface area contributed by atoms with Gasteiger partial charge in [0.25, 0.3) is 0 Å². The van der Waals surface area contributed by atoms with Gasteiger partial charge in [-0.05, 0) is 62.1 Å². The fourth-order valence-corrected chi connectivity index (χ4v) is 4.46. The van der Waals surface area contributed by atoms with Gasteiger partial charge in [0.15, 0.2) is 0 Å². The summed E-state index contributed by atoms with van der Waals surface area (Å²) in [6, 6.07) is 16.1. The minimum atomic E-state index is 0.481. The van der Waals surface area contributed by atoms with Crippen molar-refractivity contribution in [2.45, 2.75) is 32.7 Å². The van der Waals surface area contributed by atoms with Gasteiger partial charge < -0.3 is 9.64 Å². The van der Waals surface area contributed by atoms with Gasteiger partial charge in [-0.3, -0.25) is 0 Å². The maximum absolute atomic E-state index is 5.47. The molecule has 4 rings (SSSR count). The van der Waals surface area contributed by atoms with Crippen molar-refractivity contribution in [1.29, 1.82) is 0 Å². The number of anilines is 2. The van der Waals surface area contributed by atoms with Crippen molar-refractivity contribution < 1.29 is 9.31 Å². The molecule has 2 heterocycles. The molecule has 142 valence electrons. The molecular formula is C23H30N3O+. The van der Waals surface area contributed by atoms with E-state index in [2.05, 4.69) is 77.0 Å². The van der Waals surface area contributed by atoms with Crippen molar-refractivity contribution in [1.82, 2.24) is 0 Å². The van der Waals surface area contributed by atoms with Crippen LogP contribution in [0.4, 0.5) is 17.1 Å². The molecule has 0 aliphatic carbocycles. The molecule has 1 saturated heterocycles. The first kappa shape index (κ1) is 18.1. The average Bonchev–Trinajstić information content (AvgIpc) is 3.31. The van der Waals surface area contributed by atoms with Crippen LogP contribution in [0.1, 0.15) is 24.0 Å². The molecule has 0 saturated carbocycles. The van der Waals surface area contributed by atoms with E-state index < -0.39 is 0 Å². The third-order valence-corrected chi connectivity index (χ3v) is 5.64. The summed E-state index contributed by atoms with van der Waals surface area (Å²) < 4.78 is 7.87. The van der Waals surface area contributed by atoms with Crippen molar-refractivity contribution in [3.05, 3.63) is 53.6 Å². The van der Waals surface area contributed by atoms with Crippen LogP contribution in [0.25, 0.3) is 0 Å². The van der Waals surface area contributed by atoms with Crippen molar-refractivity contribution in [2.75, 3.05) is 43.2 Å². The first-order valence-corrected chi connectivity index (χ1v) is 9.97. The van der Waals surface area contributed by atoms with Crippen LogP contribution >= 0.6 is 0 Å². The number of rotatable bonds is 5. The first-order valence-electron chi connectivity index (χ1n) is 9.97. The zero-order valence-electron chi connectivity index (χ0n) is 16.7. The Morgan fingerprint density at radius 2 is 1.85 bits per heavy atom. The van der Waals surface area contributed by atoms with Crippen LogP contribution in [0.15, 0.2) is 42.5 Å². The molecule has 1 atom stereocenters. The van der Waals surface area contributed by atoms with Crippen LogP contribution in [0, 0.1) is 13.8 Å². The molecule has 0 amide bonds. The van der Waals surface area contributed by atoms with E-state index >= 15 is 0 Å². The van der Waals surface area contributed by atoms with Crippen LogP contribution < -0.4 is 9.80 Å². The van der Waals surface area contributed by atoms with E-state index in [1.807, 2.05) is 0 Å². The molecule has 2 aliphatic heterocycles. The Labute approximate surface area is 162 Å². The molecule has 0 radical (unpaired) electrons. The lowest BCUT2D eigenvalue weighted by Gasteiger charge is -2.27. The molecule has 2 aromatic carbocycles. The smallest absolute Gasteiger partial charge is 0.244 e. The SMILES string of the molecule is COC[C@@H]1CCCN1c1ccccc1[N+]1=CN(c2cc(C)cc(C)c2)CC1. The number of hydrogen-bond acceptors (Lipinski definition) is 3. The molecule has 4 heteroatoms. The highest BCUT2D eigenvalue weighted by Gasteiger charge is 2.30. The number of benzene rings is 2. The maximum atomic E-state index is 5.47.